The molecule has 0 spiro atoms. The molecule has 82 valence electrons. The van der Waals surface area contributed by atoms with E-state index >= 15 is 0 Å². The molecule has 0 aromatic carbocycles. The maximum absolute atomic E-state index is 6.12. The Kier molecular flexibility index (Phi) is 3.75. The van der Waals surface area contributed by atoms with Crippen molar-refractivity contribution in [1.29, 1.82) is 0 Å². The maximum Gasteiger partial charge on any atom is 0.0462 e. The van der Waals surface area contributed by atoms with Gasteiger partial charge < -0.3 is 10.5 Å². The monoisotopic (exact) mass is 241 g/mol. The fraction of sp³-hybridized carbons (Fsp3) is 0.455. The van der Waals surface area contributed by atoms with Crippen LogP contribution in [0.15, 0.2) is 17.5 Å². The molecule has 0 aliphatic heterocycles. The number of ether oxygens (including phenoxy) is 1. The first-order valence-electron chi connectivity index (χ1n) is 5.02. The lowest BCUT2D eigenvalue weighted by Crippen LogP contribution is -2.09. The highest BCUT2D eigenvalue weighted by Crippen LogP contribution is 2.33. The summed E-state index contributed by atoms with van der Waals surface area (Å²) >= 11 is 3.60. The molecule has 2 nitrogen and oxygen atoms in total. The average Bonchev–Trinajstić information content (AvgIpc) is 2.76. The standard InChI is InChI=1S/C11H15NOS2/c1-13-5-2-3-8(12)10-7-11-9(15-10)4-6-14-11/h4,6-8H,2-3,5,12H2,1H3. The van der Waals surface area contributed by atoms with Crippen molar-refractivity contribution < 1.29 is 4.74 Å². The molecule has 0 aliphatic rings. The van der Waals surface area contributed by atoms with Gasteiger partial charge in [-0.1, -0.05) is 0 Å². The highest BCUT2D eigenvalue weighted by atomic mass is 32.1. The summed E-state index contributed by atoms with van der Waals surface area (Å²) in [6.45, 7) is 0.799. The SMILES string of the molecule is COCCCC(N)c1cc2sccc2s1. The van der Waals surface area contributed by atoms with Gasteiger partial charge in [-0.15, -0.1) is 22.7 Å². The van der Waals surface area contributed by atoms with Crippen LogP contribution < -0.4 is 5.73 Å². The lowest BCUT2D eigenvalue weighted by molar-refractivity contribution is 0.190. The molecule has 0 saturated carbocycles. The zero-order valence-electron chi connectivity index (χ0n) is 8.73. The second-order valence-electron chi connectivity index (χ2n) is 3.54. The van der Waals surface area contributed by atoms with E-state index in [1.165, 1.54) is 14.3 Å². The Bertz CT molecular complexity index is 392. The first kappa shape index (κ1) is 11.1. The fourth-order valence-electron chi connectivity index (χ4n) is 1.56. The zero-order chi connectivity index (χ0) is 10.7. The van der Waals surface area contributed by atoms with Crippen LogP contribution in [0.5, 0.6) is 0 Å². The molecule has 1 atom stereocenters. The molecule has 0 saturated heterocycles. The summed E-state index contributed by atoms with van der Waals surface area (Å²) in [6.07, 6.45) is 2.03. The van der Waals surface area contributed by atoms with E-state index in [4.69, 9.17) is 10.5 Å². The highest BCUT2D eigenvalue weighted by Gasteiger charge is 2.10. The number of thiophene rings is 2. The van der Waals surface area contributed by atoms with Gasteiger partial charge in [0.25, 0.3) is 0 Å². The molecule has 2 N–H and O–H groups in total. The van der Waals surface area contributed by atoms with E-state index in [1.807, 2.05) is 11.3 Å². The Labute approximate surface area is 97.7 Å². The van der Waals surface area contributed by atoms with Crippen molar-refractivity contribution in [2.24, 2.45) is 5.73 Å². The average molecular weight is 241 g/mol. The molecule has 0 bridgehead atoms. The van der Waals surface area contributed by atoms with Crippen LogP contribution in [0, 0.1) is 0 Å². The van der Waals surface area contributed by atoms with Gasteiger partial charge in [0.15, 0.2) is 0 Å². The van der Waals surface area contributed by atoms with Crippen molar-refractivity contribution in [1.82, 2.24) is 0 Å². The Hall–Kier alpha value is -0.420. The lowest BCUT2D eigenvalue weighted by atomic mass is 10.1. The number of fused-ring (bicyclic) bond motifs is 1. The summed E-state index contributed by atoms with van der Waals surface area (Å²) in [6, 6.07) is 4.56. The second-order valence-corrected chi connectivity index (χ2v) is 5.60. The minimum absolute atomic E-state index is 0.171. The molecular weight excluding hydrogens is 226 g/mol. The molecule has 0 fully saturated rings. The number of hydrogen-bond donors (Lipinski definition) is 1. The number of nitrogens with two attached hydrogens (primary N) is 1. The van der Waals surface area contributed by atoms with Crippen molar-refractivity contribution in [3.63, 3.8) is 0 Å². The minimum atomic E-state index is 0.171. The van der Waals surface area contributed by atoms with E-state index in [9.17, 15) is 0 Å². The molecule has 0 radical (unpaired) electrons. The maximum atomic E-state index is 6.12. The molecule has 15 heavy (non-hydrogen) atoms. The van der Waals surface area contributed by atoms with E-state index in [1.54, 1.807) is 18.4 Å². The minimum Gasteiger partial charge on any atom is -0.385 e. The van der Waals surface area contributed by atoms with Crippen LogP contribution in [0.3, 0.4) is 0 Å². The summed E-state index contributed by atoms with van der Waals surface area (Å²) in [5.41, 5.74) is 6.12. The van der Waals surface area contributed by atoms with Crippen molar-refractivity contribution in [3.8, 4) is 0 Å². The second kappa shape index (κ2) is 5.07. The molecule has 1 unspecified atom stereocenters. The van der Waals surface area contributed by atoms with Crippen molar-refractivity contribution in [3.05, 3.63) is 22.4 Å². The van der Waals surface area contributed by atoms with Crippen LogP contribution in [0.4, 0.5) is 0 Å². The third kappa shape index (κ3) is 2.58. The van der Waals surface area contributed by atoms with Gasteiger partial charge in [-0.05, 0) is 30.4 Å². The van der Waals surface area contributed by atoms with Crippen LogP contribution >= 0.6 is 22.7 Å². The molecule has 0 amide bonds. The van der Waals surface area contributed by atoms with Crippen LogP contribution in [-0.4, -0.2) is 13.7 Å². The van der Waals surface area contributed by atoms with Gasteiger partial charge in [0.05, 0.1) is 0 Å². The van der Waals surface area contributed by atoms with Gasteiger partial charge in [0, 0.05) is 34.0 Å². The quantitative estimate of drug-likeness (QED) is 0.814. The number of hydrogen-bond acceptors (Lipinski definition) is 4. The number of rotatable bonds is 5. The van der Waals surface area contributed by atoms with Gasteiger partial charge in [0.2, 0.25) is 0 Å². The normalized spacial score (nSPS) is 13.5. The van der Waals surface area contributed by atoms with Crippen molar-refractivity contribution in [2.75, 3.05) is 13.7 Å². The smallest absolute Gasteiger partial charge is 0.0462 e. The summed E-state index contributed by atoms with van der Waals surface area (Å²) in [5.74, 6) is 0. The van der Waals surface area contributed by atoms with E-state index < -0.39 is 0 Å². The summed E-state index contributed by atoms with van der Waals surface area (Å²) in [4.78, 5) is 1.30. The third-order valence-electron chi connectivity index (χ3n) is 2.39. The highest BCUT2D eigenvalue weighted by molar-refractivity contribution is 7.26. The molecule has 2 aromatic rings. The molecular formula is C11H15NOS2. The third-order valence-corrected chi connectivity index (χ3v) is 4.61. The van der Waals surface area contributed by atoms with Gasteiger partial charge in [0.1, 0.15) is 0 Å². The molecule has 2 rings (SSSR count). The van der Waals surface area contributed by atoms with Gasteiger partial charge >= 0.3 is 0 Å². The van der Waals surface area contributed by atoms with Crippen LogP contribution in [0.25, 0.3) is 9.40 Å². The van der Waals surface area contributed by atoms with Gasteiger partial charge in [-0.25, -0.2) is 0 Å². The molecule has 2 aromatic heterocycles. The van der Waals surface area contributed by atoms with Crippen molar-refractivity contribution >= 4 is 32.1 Å². The first-order valence-corrected chi connectivity index (χ1v) is 6.72. The Morgan fingerprint density at radius 2 is 2.33 bits per heavy atom. The fourth-order valence-corrected chi connectivity index (χ4v) is 3.71. The number of methoxy groups -OCH3 is 1. The van der Waals surface area contributed by atoms with E-state index in [0.29, 0.717) is 0 Å². The zero-order valence-corrected chi connectivity index (χ0v) is 10.4. The van der Waals surface area contributed by atoms with E-state index in [0.717, 1.165) is 19.4 Å². The first-order chi connectivity index (χ1) is 7.31. The van der Waals surface area contributed by atoms with Gasteiger partial charge in [-0.3, -0.25) is 0 Å². The lowest BCUT2D eigenvalue weighted by Gasteiger charge is -2.08. The largest absolute Gasteiger partial charge is 0.385 e. The topological polar surface area (TPSA) is 35.2 Å². The molecule has 4 heteroatoms. The van der Waals surface area contributed by atoms with Crippen LogP contribution in [0.1, 0.15) is 23.8 Å². The van der Waals surface area contributed by atoms with Crippen LogP contribution in [0.2, 0.25) is 0 Å². The van der Waals surface area contributed by atoms with Crippen molar-refractivity contribution in [2.45, 2.75) is 18.9 Å². The van der Waals surface area contributed by atoms with E-state index in [2.05, 4.69) is 17.5 Å². The molecule has 0 aliphatic carbocycles. The Morgan fingerprint density at radius 3 is 3.07 bits per heavy atom. The summed E-state index contributed by atoms with van der Waals surface area (Å²) in [5, 5.41) is 2.13. The predicted octanol–water partition coefficient (Wildman–Crippen LogP) is 3.39. The van der Waals surface area contributed by atoms with Gasteiger partial charge in [-0.2, -0.15) is 0 Å². The Balaban J connectivity index is 2.00. The predicted molar refractivity (Wildman–Crippen MR) is 67.7 cm³/mol. The molecule has 2 heterocycles. The summed E-state index contributed by atoms with van der Waals surface area (Å²) in [7, 11) is 1.73. The Morgan fingerprint density at radius 1 is 1.47 bits per heavy atom. The van der Waals surface area contributed by atoms with Crippen LogP contribution in [-0.2, 0) is 4.74 Å². The summed E-state index contributed by atoms with van der Waals surface area (Å²) < 4.78 is 7.74. The van der Waals surface area contributed by atoms with E-state index in [-0.39, 0.29) is 6.04 Å².